The van der Waals surface area contributed by atoms with Gasteiger partial charge < -0.3 is 15.4 Å². The summed E-state index contributed by atoms with van der Waals surface area (Å²) in [5.41, 5.74) is 6.11. The molecule has 0 spiro atoms. The Bertz CT molecular complexity index is 1630. The second-order valence-corrected chi connectivity index (χ2v) is 9.17. The molecule has 1 aliphatic rings. The molecule has 0 unspecified atom stereocenters. The van der Waals surface area contributed by atoms with Gasteiger partial charge in [-0.1, -0.05) is 30.3 Å². The zero-order valence-electron chi connectivity index (χ0n) is 21.4. The Labute approximate surface area is 225 Å². The molecule has 2 aromatic carbocycles. The van der Waals surface area contributed by atoms with E-state index < -0.39 is 5.82 Å². The van der Waals surface area contributed by atoms with Gasteiger partial charge in [0, 0.05) is 42.3 Å². The minimum Gasteiger partial charge on any atom is -0.435 e. The first-order valence-electron chi connectivity index (χ1n) is 12.8. The fourth-order valence-electron chi connectivity index (χ4n) is 4.78. The van der Waals surface area contributed by atoms with E-state index in [1.807, 2.05) is 24.3 Å². The van der Waals surface area contributed by atoms with Crippen LogP contribution in [0.4, 0.5) is 21.8 Å². The van der Waals surface area contributed by atoms with Crippen molar-refractivity contribution >= 4 is 17.5 Å². The fourth-order valence-corrected chi connectivity index (χ4v) is 4.78. The number of pyridine rings is 1. The molecule has 5 aromatic rings. The van der Waals surface area contributed by atoms with Crippen LogP contribution >= 0.6 is 0 Å². The molecule has 0 radical (unpaired) electrons. The lowest BCUT2D eigenvalue weighted by Gasteiger charge is -2.21. The molecule has 0 aliphatic heterocycles. The van der Waals surface area contributed by atoms with Crippen LogP contribution in [0.5, 0.6) is 11.6 Å². The van der Waals surface area contributed by atoms with Crippen LogP contribution in [0, 0.1) is 5.82 Å². The number of hydrogen-bond donors (Lipinski definition) is 2. The van der Waals surface area contributed by atoms with Crippen LogP contribution in [0.25, 0.3) is 22.5 Å². The van der Waals surface area contributed by atoms with Crippen LogP contribution in [-0.2, 0) is 12.8 Å². The molecular formula is C30H26FN7O. The number of anilines is 3. The third-order valence-electron chi connectivity index (χ3n) is 6.66. The van der Waals surface area contributed by atoms with Crippen molar-refractivity contribution in [2.45, 2.75) is 25.7 Å². The van der Waals surface area contributed by atoms with Gasteiger partial charge in [-0.25, -0.2) is 19.3 Å². The lowest BCUT2D eigenvalue weighted by atomic mass is 9.89. The van der Waals surface area contributed by atoms with Gasteiger partial charge in [0.05, 0.1) is 17.0 Å². The van der Waals surface area contributed by atoms with Crippen molar-refractivity contribution < 1.29 is 9.13 Å². The minimum absolute atomic E-state index is 0.0518. The summed E-state index contributed by atoms with van der Waals surface area (Å²) < 4.78 is 21.2. The normalized spacial score (nSPS) is 12.5. The van der Waals surface area contributed by atoms with Gasteiger partial charge in [-0.2, -0.15) is 0 Å². The number of halogens is 1. The molecule has 0 saturated carbocycles. The van der Waals surface area contributed by atoms with Crippen LogP contribution in [0.3, 0.4) is 0 Å². The summed E-state index contributed by atoms with van der Waals surface area (Å²) in [5.74, 6) is 0.891. The summed E-state index contributed by atoms with van der Waals surface area (Å²) >= 11 is 0. The molecule has 3 heterocycles. The largest absolute Gasteiger partial charge is 0.435 e. The van der Waals surface area contributed by atoms with Gasteiger partial charge >= 0.3 is 0 Å². The summed E-state index contributed by atoms with van der Waals surface area (Å²) in [6, 6.07) is 20.2. The van der Waals surface area contributed by atoms with E-state index in [1.165, 1.54) is 11.6 Å². The van der Waals surface area contributed by atoms with E-state index >= 15 is 4.39 Å². The van der Waals surface area contributed by atoms with Gasteiger partial charge in [0.15, 0.2) is 17.4 Å². The highest BCUT2D eigenvalue weighted by atomic mass is 19.1. The molecule has 0 bridgehead atoms. The first kappa shape index (κ1) is 24.4. The molecule has 0 fully saturated rings. The Morgan fingerprint density at radius 3 is 2.51 bits per heavy atom. The Morgan fingerprint density at radius 2 is 1.69 bits per heavy atom. The van der Waals surface area contributed by atoms with E-state index in [1.54, 1.807) is 43.7 Å². The average Bonchev–Trinajstić information content (AvgIpc) is 2.99. The van der Waals surface area contributed by atoms with Gasteiger partial charge in [0.25, 0.3) is 0 Å². The zero-order chi connectivity index (χ0) is 26.6. The molecule has 0 amide bonds. The predicted molar refractivity (Wildman–Crippen MR) is 149 cm³/mol. The number of fused-ring (bicyclic) bond motifs is 1. The first-order valence-corrected chi connectivity index (χ1v) is 12.8. The van der Waals surface area contributed by atoms with Crippen LogP contribution in [0.15, 0.2) is 79.1 Å². The fraction of sp³-hybridized carbons (Fsp3) is 0.167. The first-order chi connectivity index (χ1) is 19.2. The molecule has 39 heavy (non-hydrogen) atoms. The van der Waals surface area contributed by atoms with Crippen molar-refractivity contribution in [2.24, 2.45) is 0 Å². The van der Waals surface area contributed by atoms with Gasteiger partial charge in [0.1, 0.15) is 0 Å². The van der Waals surface area contributed by atoms with E-state index in [2.05, 4.69) is 47.9 Å². The number of rotatable bonds is 7. The lowest BCUT2D eigenvalue weighted by Crippen LogP contribution is -2.12. The Morgan fingerprint density at radius 1 is 0.846 bits per heavy atom. The van der Waals surface area contributed by atoms with Crippen LogP contribution < -0.4 is 15.4 Å². The number of benzene rings is 2. The molecule has 8 nitrogen and oxygen atoms in total. The van der Waals surface area contributed by atoms with E-state index in [9.17, 15) is 0 Å². The second kappa shape index (κ2) is 10.8. The Balaban J connectivity index is 1.26. The number of nitrogens with one attached hydrogen (secondary N) is 2. The van der Waals surface area contributed by atoms with Crippen LogP contribution in [0.2, 0.25) is 0 Å². The lowest BCUT2D eigenvalue weighted by molar-refractivity contribution is 0.429. The average molecular weight is 520 g/mol. The molecule has 9 heteroatoms. The molecule has 3 aromatic heterocycles. The number of aromatic nitrogens is 5. The molecule has 6 rings (SSSR count). The van der Waals surface area contributed by atoms with Gasteiger partial charge in [-0.15, -0.1) is 10.2 Å². The van der Waals surface area contributed by atoms with Crippen LogP contribution in [0.1, 0.15) is 24.0 Å². The number of hydrogen-bond acceptors (Lipinski definition) is 8. The van der Waals surface area contributed by atoms with Crippen molar-refractivity contribution in [2.75, 3.05) is 17.7 Å². The van der Waals surface area contributed by atoms with E-state index in [4.69, 9.17) is 4.74 Å². The Hall–Kier alpha value is -4.92. The number of nitrogens with zero attached hydrogens (tertiary/aromatic N) is 5. The molecule has 2 N–H and O–H groups in total. The summed E-state index contributed by atoms with van der Waals surface area (Å²) in [6.45, 7) is 0. The standard InChI is InChI=1S/C30H26FN7O/c1-32-30-34-17-15-25(36-30)23-12-7-16-33-29(23)39-26-14-13-20(18-24(26)31)35-28-22-11-6-5-10-21(22)27(37-38-28)19-8-3-2-4-9-19/h2-4,7-9,12-18H,5-6,10-11H2,1H3,(H,35,38)(H,32,34,36). The van der Waals surface area contributed by atoms with Crippen LogP contribution in [-0.4, -0.2) is 32.2 Å². The zero-order valence-corrected chi connectivity index (χ0v) is 21.4. The maximum atomic E-state index is 15.3. The van der Waals surface area contributed by atoms with E-state index in [0.29, 0.717) is 28.7 Å². The van der Waals surface area contributed by atoms with Gasteiger partial charge in [-0.3, -0.25) is 0 Å². The summed E-state index contributed by atoms with van der Waals surface area (Å²) in [7, 11) is 1.74. The van der Waals surface area contributed by atoms with Crippen molar-refractivity contribution in [3.05, 3.63) is 96.1 Å². The molecule has 194 valence electrons. The van der Waals surface area contributed by atoms with E-state index in [-0.39, 0.29) is 11.6 Å². The molecule has 1 aliphatic carbocycles. The highest BCUT2D eigenvalue weighted by Gasteiger charge is 2.21. The monoisotopic (exact) mass is 519 g/mol. The highest BCUT2D eigenvalue weighted by molar-refractivity contribution is 5.70. The summed E-state index contributed by atoms with van der Waals surface area (Å²) in [5, 5.41) is 15.2. The minimum atomic E-state index is -0.530. The summed E-state index contributed by atoms with van der Waals surface area (Å²) in [6.07, 6.45) is 7.27. The van der Waals surface area contributed by atoms with Gasteiger partial charge in [0.2, 0.25) is 11.8 Å². The van der Waals surface area contributed by atoms with E-state index in [0.717, 1.165) is 42.5 Å². The van der Waals surface area contributed by atoms with Crippen molar-refractivity contribution in [3.8, 4) is 34.1 Å². The Kier molecular flexibility index (Phi) is 6.78. The second-order valence-electron chi connectivity index (χ2n) is 9.17. The van der Waals surface area contributed by atoms with Crippen molar-refractivity contribution in [3.63, 3.8) is 0 Å². The third-order valence-corrected chi connectivity index (χ3v) is 6.66. The SMILES string of the molecule is CNc1nccc(-c2cccnc2Oc2ccc(Nc3nnc(-c4ccccc4)c4c3CCCC4)cc2F)n1. The maximum Gasteiger partial charge on any atom is 0.228 e. The van der Waals surface area contributed by atoms with Gasteiger partial charge in [-0.05, 0) is 61.6 Å². The third kappa shape index (κ3) is 5.11. The van der Waals surface area contributed by atoms with Crippen molar-refractivity contribution in [1.82, 2.24) is 25.1 Å². The summed E-state index contributed by atoms with van der Waals surface area (Å²) in [4.78, 5) is 12.9. The van der Waals surface area contributed by atoms with Crippen molar-refractivity contribution in [1.29, 1.82) is 0 Å². The highest BCUT2D eigenvalue weighted by Crippen LogP contribution is 2.36. The predicted octanol–water partition coefficient (Wildman–Crippen LogP) is 6.59. The quantitative estimate of drug-likeness (QED) is 0.249. The molecule has 0 saturated heterocycles. The smallest absolute Gasteiger partial charge is 0.228 e. The topological polar surface area (TPSA) is 97.7 Å². The number of ether oxygens (including phenoxy) is 1. The molecular weight excluding hydrogens is 493 g/mol. The maximum absolute atomic E-state index is 15.3. The molecule has 0 atom stereocenters.